The van der Waals surface area contributed by atoms with Gasteiger partial charge in [0.15, 0.2) is 5.11 Å². The molecule has 0 amide bonds. The van der Waals surface area contributed by atoms with Gasteiger partial charge in [0.25, 0.3) is 0 Å². The van der Waals surface area contributed by atoms with Crippen LogP contribution in [0.4, 0.5) is 5.69 Å². The maximum absolute atomic E-state index is 9.62. The quantitative estimate of drug-likeness (QED) is 0.394. The zero-order valence-corrected chi connectivity index (χ0v) is 14.5. The largest absolute Gasteiger partial charge is 0.506 e. The summed E-state index contributed by atoms with van der Waals surface area (Å²) in [4.78, 5) is 3.97. The molecule has 1 aromatic heterocycles. The van der Waals surface area contributed by atoms with E-state index in [-0.39, 0.29) is 5.75 Å². The number of hydrogen-bond donors (Lipinski definition) is 3. The minimum atomic E-state index is 0.147. The molecular weight excluding hydrogens is 420 g/mol. The Bertz CT molecular complexity index is 656. The molecular formula is C13H10Br2N4OS. The average molecular weight is 430 g/mol. The van der Waals surface area contributed by atoms with Crippen LogP contribution in [0.25, 0.3) is 0 Å². The molecule has 108 valence electrons. The number of phenolic OH excluding ortho intramolecular Hbond substituents is 1. The molecule has 0 radical (unpaired) electrons. The van der Waals surface area contributed by atoms with Gasteiger partial charge >= 0.3 is 0 Å². The standard InChI is InChI=1S/C13H10Br2N4OS/c14-10-4-8(5-11(15)12(10)20)6-17-19-13(21)18-9-2-1-3-16-7-9/h1-7,20H,(H2,18,19,21). The highest BCUT2D eigenvalue weighted by Crippen LogP contribution is 2.32. The van der Waals surface area contributed by atoms with Crippen molar-refractivity contribution in [3.05, 3.63) is 51.2 Å². The van der Waals surface area contributed by atoms with Crippen LogP contribution in [-0.4, -0.2) is 21.4 Å². The number of halogens is 2. The van der Waals surface area contributed by atoms with Gasteiger partial charge in [-0.2, -0.15) is 5.10 Å². The first-order chi connectivity index (χ1) is 10.1. The Balaban J connectivity index is 1.95. The minimum Gasteiger partial charge on any atom is -0.506 e. The van der Waals surface area contributed by atoms with E-state index in [1.165, 1.54) is 0 Å². The highest BCUT2D eigenvalue weighted by Gasteiger charge is 2.04. The van der Waals surface area contributed by atoms with E-state index in [2.05, 4.69) is 52.7 Å². The molecule has 1 aromatic carbocycles. The Morgan fingerprint density at radius 3 is 2.67 bits per heavy atom. The third-order valence-corrected chi connectivity index (χ3v) is 3.74. The van der Waals surface area contributed by atoms with E-state index in [1.54, 1.807) is 36.8 Å². The molecule has 0 saturated carbocycles. The summed E-state index contributed by atoms with van der Waals surface area (Å²) < 4.78 is 1.16. The monoisotopic (exact) mass is 428 g/mol. The van der Waals surface area contributed by atoms with Gasteiger partial charge in [-0.15, -0.1) is 0 Å². The number of nitrogens with zero attached hydrogens (tertiary/aromatic N) is 2. The molecule has 5 nitrogen and oxygen atoms in total. The number of aromatic hydroxyl groups is 1. The molecule has 1 heterocycles. The molecule has 21 heavy (non-hydrogen) atoms. The predicted octanol–water partition coefficient (Wildman–Crippen LogP) is 3.63. The smallest absolute Gasteiger partial charge is 0.191 e. The molecule has 0 atom stereocenters. The summed E-state index contributed by atoms with van der Waals surface area (Å²) in [5.41, 5.74) is 4.27. The Morgan fingerprint density at radius 1 is 1.33 bits per heavy atom. The van der Waals surface area contributed by atoms with Crippen LogP contribution in [0.1, 0.15) is 5.56 Å². The fourth-order valence-corrected chi connectivity index (χ4v) is 2.81. The van der Waals surface area contributed by atoms with Crippen molar-refractivity contribution in [2.75, 3.05) is 5.32 Å². The van der Waals surface area contributed by atoms with Gasteiger partial charge < -0.3 is 10.4 Å². The number of pyridine rings is 1. The molecule has 0 fully saturated rings. The van der Waals surface area contributed by atoms with Crippen molar-refractivity contribution in [3.8, 4) is 5.75 Å². The Labute approximate surface area is 143 Å². The van der Waals surface area contributed by atoms with E-state index in [1.807, 2.05) is 6.07 Å². The number of nitrogens with one attached hydrogen (secondary N) is 2. The van der Waals surface area contributed by atoms with Gasteiger partial charge in [-0.1, -0.05) is 0 Å². The second-order valence-electron chi connectivity index (χ2n) is 3.90. The van der Waals surface area contributed by atoms with E-state index in [0.717, 1.165) is 11.3 Å². The first kappa shape index (κ1) is 15.9. The van der Waals surface area contributed by atoms with Crippen molar-refractivity contribution in [1.29, 1.82) is 0 Å². The van der Waals surface area contributed by atoms with Crippen molar-refractivity contribution >= 4 is 61.1 Å². The first-order valence-corrected chi connectivity index (χ1v) is 7.74. The fourth-order valence-electron chi connectivity index (χ4n) is 1.42. The predicted molar refractivity (Wildman–Crippen MR) is 94.7 cm³/mol. The summed E-state index contributed by atoms with van der Waals surface area (Å²) >= 11 is 11.6. The first-order valence-electron chi connectivity index (χ1n) is 5.74. The lowest BCUT2D eigenvalue weighted by Crippen LogP contribution is -2.23. The van der Waals surface area contributed by atoms with E-state index in [4.69, 9.17) is 12.2 Å². The molecule has 8 heteroatoms. The summed E-state index contributed by atoms with van der Waals surface area (Å²) in [5, 5.41) is 16.9. The molecule has 0 aliphatic rings. The van der Waals surface area contributed by atoms with Gasteiger partial charge in [-0.05, 0) is 73.9 Å². The van der Waals surface area contributed by atoms with Crippen molar-refractivity contribution in [3.63, 3.8) is 0 Å². The molecule has 0 bridgehead atoms. The minimum absolute atomic E-state index is 0.147. The number of benzene rings is 1. The number of aromatic nitrogens is 1. The third kappa shape index (κ3) is 4.76. The van der Waals surface area contributed by atoms with E-state index >= 15 is 0 Å². The summed E-state index contributed by atoms with van der Waals surface area (Å²) in [7, 11) is 0. The van der Waals surface area contributed by atoms with E-state index in [9.17, 15) is 5.11 Å². The highest BCUT2D eigenvalue weighted by atomic mass is 79.9. The SMILES string of the molecule is Oc1c(Br)cc(C=NNC(=S)Nc2cccnc2)cc1Br. The van der Waals surface area contributed by atoms with Gasteiger partial charge in [-0.25, -0.2) is 0 Å². The van der Waals surface area contributed by atoms with Gasteiger partial charge in [0.2, 0.25) is 0 Å². The van der Waals surface area contributed by atoms with Crippen LogP contribution >= 0.6 is 44.1 Å². The lowest BCUT2D eigenvalue weighted by molar-refractivity contribution is 0.468. The summed E-state index contributed by atoms with van der Waals surface area (Å²) in [5.74, 6) is 0.147. The number of rotatable bonds is 3. The van der Waals surface area contributed by atoms with Crippen LogP contribution in [0.15, 0.2) is 50.7 Å². The number of hydrazone groups is 1. The van der Waals surface area contributed by atoms with Crippen molar-refractivity contribution in [2.24, 2.45) is 5.10 Å². The molecule has 0 saturated heterocycles. The zero-order chi connectivity index (χ0) is 15.2. The zero-order valence-electron chi connectivity index (χ0n) is 10.5. The normalized spacial score (nSPS) is 10.6. The van der Waals surface area contributed by atoms with Crippen LogP contribution < -0.4 is 10.7 Å². The summed E-state index contributed by atoms with van der Waals surface area (Å²) in [6.45, 7) is 0. The van der Waals surface area contributed by atoms with Crippen LogP contribution in [0.2, 0.25) is 0 Å². The summed E-state index contributed by atoms with van der Waals surface area (Å²) in [6, 6.07) is 7.13. The number of phenols is 1. The molecule has 0 unspecified atom stereocenters. The number of thiocarbonyl (C=S) groups is 1. The number of anilines is 1. The molecule has 2 aromatic rings. The fraction of sp³-hybridized carbons (Fsp3) is 0. The molecule has 3 N–H and O–H groups in total. The van der Waals surface area contributed by atoms with Crippen molar-refractivity contribution < 1.29 is 5.11 Å². The maximum Gasteiger partial charge on any atom is 0.191 e. The topological polar surface area (TPSA) is 69.5 Å². The Kier molecular flexibility index (Phi) is 5.66. The number of hydrogen-bond acceptors (Lipinski definition) is 4. The Morgan fingerprint density at radius 2 is 2.05 bits per heavy atom. The van der Waals surface area contributed by atoms with Crippen LogP contribution in [0.5, 0.6) is 5.75 Å². The second-order valence-corrected chi connectivity index (χ2v) is 6.02. The van der Waals surface area contributed by atoms with Crippen LogP contribution in [0.3, 0.4) is 0 Å². The average Bonchev–Trinajstić information content (AvgIpc) is 2.45. The molecule has 0 aliphatic heterocycles. The Hall–Kier alpha value is -1.51. The van der Waals surface area contributed by atoms with E-state index in [0.29, 0.717) is 14.1 Å². The van der Waals surface area contributed by atoms with Gasteiger partial charge in [0.1, 0.15) is 5.75 Å². The third-order valence-electron chi connectivity index (χ3n) is 2.34. The van der Waals surface area contributed by atoms with Gasteiger partial charge in [-0.3, -0.25) is 10.4 Å². The lowest BCUT2D eigenvalue weighted by Gasteiger charge is -2.06. The van der Waals surface area contributed by atoms with Gasteiger partial charge in [0.05, 0.1) is 27.0 Å². The van der Waals surface area contributed by atoms with Crippen LogP contribution in [0, 0.1) is 0 Å². The van der Waals surface area contributed by atoms with Crippen molar-refractivity contribution in [2.45, 2.75) is 0 Å². The van der Waals surface area contributed by atoms with E-state index < -0.39 is 0 Å². The maximum atomic E-state index is 9.62. The van der Waals surface area contributed by atoms with Crippen LogP contribution in [-0.2, 0) is 0 Å². The molecule has 2 rings (SSSR count). The highest BCUT2D eigenvalue weighted by molar-refractivity contribution is 9.11. The van der Waals surface area contributed by atoms with Gasteiger partial charge in [0, 0.05) is 6.20 Å². The second kappa shape index (κ2) is 7.48. The molecule has 0 aliphatic carbocycles. The van der Waals surface area contributed by atoms with Crippen molar-refractivity contribution in [1.82, 2.24) is 10.4 Å². The molecule has 0 spiro atoms. The lowest BCUT2D eigenvalue weighted by atomic mass is 10.2. The summed E-state index contributed by atoms with van der Waals surface area (Å²) in [6.07, 6.45) is 4.93.